The van der Waals surface area contributed by atoms with Crippen molar-refractivity contribution in [2.45, 2.75) is 32.8 Å². The lowest BCUT2D eigenvalue weighted by Gasteiger charge is -2.34. The lowest BCUT2D eigenvalue weighted by Crippen LogP contribution is -2.49. The number of hydrogen-bond donors (Lipinski definition) is 1. The topological polar surface area (TPSA) is 75.7 Å². The van der Waals surface area contributed by atoms with Crippen molar-refractivity contribution in [3.8, 4) is 5.75 Å². The molecule has 0 fully saturated rings. The van der Waals surface area contributed by atoms with Crippen LogP contribution in [-0.2, 0) is 14.8 Å². The number of amides is 1. The van der Waals surface area contributed by atoms with Gasteiger partial charge in [0.15, 0.2) is 6.10 Å². The Kier molecular flexibility index (Phi) is 5.41. The molecule has 0 aromatic heterocycles. The summed E-state index contributed by atoms with van der Waals surface area (Å²) in [6.07, 6.45) is -0.925. The number of carbonyl (C=O) groups excluding carboxylic acids is 1. The van der Waals surface area contributed by atoms with Crippen LogP contribution in [0.4, 0.5) is 11.4 Å². The number of nitrogens with zero attached hydrogens (tertiary/aromatic N) is 1. The van der Waals surface area contributed by atoms with Crippen LogP contribution in [0.15, 0.2) is 48.5 Å². The van der Waals surface area contributed by atoms with E-state index in [4.69, 9.17) is 4.74 Å². The third-order valence-corrected chi connectivity index (χ3v) is 6.32. The third-order valence-electron chi connectivity index (χ3n) is 4.57. The largest absolute Gasteiger partial charge is 0.476 e. The van der Waals surface area contributed by atoms with Crippen molar-refractivity contribution in [2.24, 2.45) is 0 Å². The Morgan fingerprint density at radius 3 is 2.48 bits per heavy atom. The number of carbonyl (C=O) groups is 1. The molecule has 1 aliphatic rings. The van der Waals surface area contributed by atoms with Gasteiger partial charge in [-0.3, -0.25) is 9.10 Å². The number of sulfonamides is 1. The Morgan fingerprint density at radius 1 is 1.19 bits per heavy atom. The molecule has 1 N–H and O–H groups in total. The molecule has 2 aromatic carbocycles. The van der Waals surface area contributed by atoms with Gasteiger partial charge in [-0.15, -0.1) is 0 Å². The molecule has 7 heteroatoms. The number of anilines is 2. The third kappa shape index (κ3) is 4.08. The average Bonchev–Trinajstić information content (AvgIpc) is 2.67. The fraction of sp³-hybridized carbons (Fsp3) is 0.350. The van der Waals surface area contributed by atoms with Gasteiger partial charge in [0, 0.05) is 5.69 Å². The predicted octanol–water partition coefficient (Wildman–Crippen LogP) is 3.37. The highest BCUT2D eigenvalue weighted by Crippen LogP contribution is 2.35. The molecule has 2 aromatic rings. The van der Waals surface area contributed by atoms with Gasteiger partial charge in [0.25, 0.3) is 5.91 Å². The second kappa shape index (κ2) is 7.60. The molecule has 1 heterocycles. The summed E-state index contributed by atoms with van der Waals surface area (Å²) in [5.41, 5.74) is 2.29. The number of para-hydroxylation sites is 2. The first-order valence-electron chi connectivity index (χ1n) is 8.98. The fourth-order valence-corrected chi connectivity index (χ4v) is 4.06. The van der Waals surface area contributed by atoms with Gasteiger partial charge in [-0.25, -0.2) is 8.42 Å². The van der Waals surface area contributed by atoms with Crippen LogP contribution < -0.4 is 14.4 Å². The summed E-state index contributed by atoms with van der Waals surface area (Å²) in [7, 11) is -3.52. The minimum atomic E-state index is -3.52. The van der Waals surface area contributed by atoms with Crippen LogP contribution in [0, 0.1) is 0 Å². The molecule has 27 heavy (non-hydrogen) atoms. The zero-order valence-electron chi connectivity index (χ0n) is 15.7. The number of ether oxygens (including phenoxy) is 1. The zero-order valence-corrected chi connectivity index (χ0v) is 16.5. The first-order chi connectivity index (χ1) is 12.8. The lowest BCUT2D eigenvalue weighted by molar-refractivity contribution is -0.122. The van der Waals surface area contributed by atoms with E-state index in [2.05, 4.69) is 19.2 Å². The van der Waals surface area contributed by atoms with Crippen LogP contribution in [0.25, 0.3) is 0 Å². The Hall–Kier alpha value is -2.54. The van der Waals surface area contributed by atoms with Gasteiger partial charge in [-0.05, 0) is 42.7 Å². The minimum Gasteiger partial charge on any atom is -0.476 e. The zero-order chi connectivity index (χ0) is 19.6. The van der Waals surface area contributed by atoms with E-state index in [9.17, 15) is 13.2 Å². The molecule has 3 rings (SSSR count). The van der Waals surface area contributed by atoms with E-state index in [1.165, 1.54) is 9.87 Å². The van der Waals surface area contributed by atoms with E-state index in [1.54, 1.807) is 31.2 Å². The molecule has 0 saturated carbocycles. The molecule has 1 amide bonds. The minimum absolute atomic E-state index is 0.0493. The van der Waals surface area contributed by atoms with E-state index < -0.39 is 16.1 Å². The highest BCUT2D eigenvalue weighted by Gasteiger charge is 2.35. The van der Waals surface area contributed by atoms with Crippen molar-refractivity contribution in [2.75, 3.05) is 21.9 Å². The highest BCUT2D eigenvalue weighted by molar-refractivity contribution is 7.92. The first-order valence-corrected chi connectivity index (χ1v) is 10.6. The summed E-state index contributed by atoms with van der Waals surface area (Å²) in [5.74, 6) is 0.363. The lowest BCUT2D eigenvalue weighted by atomic mass is 10.0. The normalized spacial score (nSPS) is 16.6. The summed E-state index contributed by atoms with van der Waals surface area (Å²) in [4.78, 5) is 12.7. The van der Waals surface area contributed by atoms with Crippen LogP contribution in [0.1, 0.15) is 32.3 Å². The summed E-state index contributed by atoms with van der Waals surface area (Å²) < 4.78 is 32.0. The standard InChI is InChI=1S/C20H24N2O4S/c1-4-27(24,25)22-13-19(26-18-8-6-5-7-17(18)22)20(23)21-16-11-9-15(10-12-16)14(2)3/h5-12,14,19H,4,13H2,1-3H3,(H,21,23)/t19-/m0/s1. The molecule has 1 atom stereocenters. The van der Waals surface area contributed by atoms with Crippen molar-refractivity contribution in [3.05, 3.63) is 54.1 Å². The molecule has 0 radical (unpaired) electrons. The summed E-state index contributed by atoms with van der Waals surface area (Å²) in [6, 6.07) is 14.5. The Morgan fingerprint density at radius 2 is 1.85 bits per heavy atom. The summed E-state index contributed by atoms with van der Waals surface area (Å²) in [6.45, 7) is 5.73. The van der Waals surface area contributed by atoms with E-state index >= 15 is 0 Å². The molecule has 6 nitrogen and oxygen atoms in total. The number of fused-ring (bicyclic) bond motifs is 1. The Balaban J connectivity index is 1.81. The molecular formula is C20H24N2O4S. The van der Waals surface area contributed by atoms with Crippen LogP contribution in [0.5, 0.6) is 5.75 Å². The maximum Gasteiger partial charge on any atom is 0.267 e. The molecule has 0 aliphatic carbocycles. The van der Waals surface area contributed by atoms with E-state index in [-0.39, 0.29) is 18.2 Å². The first kappa shape index (κ1) is 19.2. The van der Waals surface area contributed by atoms with E-state index in [0.29, 0.717) is 23.0 Å². The van der Waals surface area contributed by atoms with Gasteiger partial charge in [0.2, 0.25) is 10.0 Å². The monoisotopic (exact) mass is 388 g/mol. The average molecular weight is 388 g/mol. The maximum atomic E-state index is 12.7. The molecule has 0 bridgehead atoms. The van der Waals surface area contributed by atoms with Crippen LogP contribution >= 0.6 is 0 Å². The number of hydrogen-bond acceptors (Lipinski definition) is 4. The van der Waals surface area contributed by atoms with Crippen LogP contribution in [0.2, 0.25) is 0 Å². The number of benzene rings is 2. The highest BCUT2D eigenvalue weighted by atomic mass is 32.2. The van der Waals surface area contributed by atoms with Crippen LogP contribution in [-0.4, -0.2) is 32.7 Å². The summed E-state index contributed by atoms with van der Waals surface area (Å²) >= 11 is 0. The maximum absolute atomic E-state index is 12.7. The Bertz CT molecular complexity index is 923. The smallest absolute Gasteiger partial charge is 0.267 e. The van der Waals surface area contributed by atoms with Crippen molar-refractivity contribution < 1.29 is 17.9 Å². The Labute approximate surface area is 160 Å². The molecule has 1 aliphatic heterocycles. The van der Waals surface area contributed by atoms with Crippen molar-refractivity contribution >= 4 is 27.3 Å². The van der Waals surface area contributed by atoms with Crippen molar-refractivity contribution in [3.63, 3.8) is 0 Å². The van der Waals surface area contributed by atoms with Crippen molar-refractivity contribution in [1.29, 1.82) is 0 Å². The number of nitrogens with one attached hydrogen (secondary N) is 1. The summed E-state index contributed by atoms with van der Waals surface area (Å²) in [5, 5.41) is 2.81. The quantitative estimate of drug-likeness (QED) is 0.852. The molecule has 0 unspecified atom stereocenters. The van der Waals surface area contributed by atoms with Gasteiger partial charge < -0.3 is 10.1 Å². The van der Waals surface area contributed by atoms with Crippen molar-refractivity contribution in [1.82, 2.24) is 0 Å². The molecule has 144 valence electrons. The molecule has 0 saturated heterocycles. The van der Waals surface area contributed by atoms with Gasteiger partial charge in [0.1, 0.15) is 5.75 Å². The van der Waals surface area contributed by atoms with E-state index in [1.807, 2.05) is 24.3 Å². The van der Waals surface area contributed by atoms with Crippen LogP contribution in [0.3, 0.4) is 0 Å². The van der Waals surface area contributed by atoms with Gasteiger partial charge in [-0.1, -0.05) is 38.1 Å². The van der Waals surface area contributed by atoms with Gasteiger partial charge >= 0.3 is 0 Å². The predicted molar refractivity (Wildman–Crippen MR) is 107 cm³/mol. The second-order valence-corrected chi connectivity index (χ2v) is 8.95. The molecular weight excluding hydrogens is 364 g/mol. The SMILES string of the molecule is CCS(=O)(=O)N1C[C@@H](C(=O)Nc2ccc(C(C)C)cc2)Oc2ccccc21. The van der Waals surface area contributed by atoms with E-state index in [0.717, 1.165) is 0 Å². The fourth-order valence-electron chi connectivity index (χ4n) is 2.93. The molecule has 0 spiro atoms. The second-order valence-electron chi connectivity index (χ2n) is 6.77. The number of rotatable bonds is 5. The van der Waals surface area contributed by atoms with Gasteiger partial charge in [-0.2, -0.15) is 0 Å². The van der Waals surface area contributed by atoms with Gasteiger partial charge in [0.05, 0.1) is 18.0 Å².